The van der Waals surface area contributed by atoms with Crippen LogP contribution in [-0.4, -0.2) is 64.3 Å². The molecule has 0 aromatic heterocycles. The standard InChI is InChI=1S/C20H34N4O4S/c1-6-24(29(5,25)26)10-8-9-22-20(21-4)23-14-17-13-19-16(11-15(3)28-19)12-18(17)27-7-2/h12-13,15H,6-11,14H2,1-5H3,(H2,21,22,23). The molecule has 1 unspecified atom stereocenters. The second-order valence-corrected chi connectivity index (χ2v) is 9.08. The first-order valence-corrected chi connectivity index (χ1v) is 12.0. The summed E-state index contributed by atoms with van der Waals surface area (Å²) in [6, 6.07) is 4.11. The van der Waals surface area contributed by atoms with Gasteiger partial charge in [0, 0.05) is 50.8 Å². The molecule has 1 aromatic rings. The van der Waals surface area contributed by atoms with Crippen molar-refractivity contribution in [3.8, 4) is 11.5 Å². The fourth-order valence-electron chi connectivity index (χ4n) is 3.33. The molecule has 1 atom stereocenters. The van der Waals surface area contributed by atoms with E-state index in [2.05, 4.69) is 28.6 Å². The molecule has 0 saturated heterocycles. The molecule has 1 aliphatic heterocycles. The molecular formula is C20H34N4O4S. The van der Waals surface area contributed by atoms with Crippen LogP contribution in [0.3, 0.4) is 0 Å². The summed E-state index contributed by atoms with van der Waals surface area (Å²) in [5.74, 6) is 2.43. The molecule has 2 N–H and O–H groups in total. The van der Waals surface area contributed by atoms with E-state index in [0.29, 0.717) is 45.2 Å². The van der Waals surface area contributed by atoms with Gasteiger partial charge in [0.25, 0.3) is 0 Å². The van der Waals surface area contributed by atoms with E-state index < -0.39 is 10.0 Å². The lowest BCUT2D eigenvalue weighted by molar-refractivity contribution is 0.254. The molecule has 29 heavy (non-hydrogen) atoms. The Morgan fingerprint density at radius 3 is 2.72 bits per heavy atom. The van der Waals surface area contributed by atoms with Crippen molar-refractivity contribution in [1.29, 1.82) is 0 Å². The molecule has 0 radical (unpaired) electrons. The second kappa shape index (κ2) is 10.7. The van der Waals surface area contributed by atoms with Crippen LogP contribution in [0.1, 0.15) is 38.3 Å². The monoisotopic (exact) mass is 426 g/mol. The van der Waals surface area contributed by atoms with Gasteiger partial charge in [0.1, 0.15) is 17.6 Å². The maximum atomic E-state index is 11.6. The highest BCUT2D eigenvalue weighted by molar-refractivity contribution is 7.88. The van der Waals surface area contributed by atoms with Crippen LogP contribution in [-0.2, 0) is 23.0 Å². The topological polar surface area (TPSA) is 92.3 Å². The average molecular weight is 427 g/mol. The van der Waals surface area contributed by atoms with E-state index in [4.69, 9.17) is 9.47 Å². The Labute approximate surface area is 174 Å². The van der Waals surface area contributed by atoms with Crippen LogP contribution in [0.15, 0.2) is 17.1 Å². The van der Waals surface area contributed by atoms with Crippen LogP contribution in [0.25, 0.3) is 0 Å². The summed E-state index contributed by atoms with van der Waals surface area (Å²) in [5, 5.41) is 6.52. The fraction of sp³-hybridized carbons (Fsp3) is 0.650. The first-order chi connectivity index (χ1) is 13.8. The predicted octanol–water partition coefficient (Wildman–Crippen LogP) is 1.75. The molecule has 2 rings (SSSR count). The van der Waals surface area contributed by atoms with Crippen molar-refractivity contribution in [1.82, 2.24) is 14.9 Å². The molecule has 0 saturated carbocycles. The lowest BCUT2D eigenvalue weighted by Crippen LogP contribution is -2.39. The molecular weight excluding hydrogens is 392 g/mol. The number of hydrogen-bond acceptors (Lipinski definition) is 5. The van der Waals surface area contributed by atoms with E-state index in [1.54, 1.807) is 7.05 Å². The first-order valence-electron chi connectivity index (χ1n) is 10.1. The van der Waals surface area contributed by atoms with E-state index in [9.17, 15) is 8.42 Å². The van der Waals surface area contributed by atoms with E-state index in [1.807, 2.05) is 19.9 Å². The minimum Gasteiger partial charge on any atom is -0.494 e. The maximum Gasteiger partial charge on any atom is 0.211 e. The molecule has 1 heterocycles. The van der Waals surface area contributed by atoms with Crippen molar-refractivity contribution >= 4 is 16.0 Å². The largest absolute Gasteiger partial charge is 0.494 e. The van der Waals surface area contributed by atoms with Gasteiger partial charge in [-0.15, -0.1) is 0 Å². The summed E-state index contributed by atoms with van der Waals surface area (Å²) in [7, 11) is -1.44. The average Bonchev–Trinajstić information content (AvgIpc) is 3.02. The number of nitrogens with one attached hydrogen (secondary N) is 2. The molecule has 1 aliphatic rings. The van der Waals surface area contributed by atoms with Gasteiger partial charge in [0.2, 0.25) is 10.0 Å². The summed E-state index contributed by atoms with van der Waals surface area (Å²) in [5.41, 5.74) is 2.19. The number of benzene rings is 1. The number of ether oxygens (including phenoxy) is 2. The maximum absolute atomic E-state index is 11.6. The number of nitrogens with zero attached hydrogens (tertiary/aromatic N) is 2. The molecule has 1 aromatic carbocycles. The normalized spacial score (nSPS) is 16.5. The highest BCUT2D eigenvalue weighted by atomic mass is 32.2. The zero-order chi connectivity index (χ0) is 21.4. The van der Waals surface area contributed by atoms with Crippen molar-refractivity contribution in [2.75, 3.05) is 39.5 Å². The van der Waals surface area contributed by atoms with Crippen LogP contribution < -0.4 is 20.1 Å². The van der Waals surface area contributed by atoms with Gasteiger partial charge >= 0.3 is 0 Å². The van der Waals surface area contributed by atoms with E-state index >= 15 is 0 Å². The zero-order valence-corrected chi connectivity index (χ0v) is 18.9. The smallest absolute Gasteiger partial charge is 0.211 e. The number of rotatable bonds is 10. The summed E-state index contributed by atoms with van der Waals surface area (Å²) in [6.45, 7) is 8.60. The summed E-state index contributed by atoms with van der Waals surface area (Å²) in [4.78, 5) is 4.24. The molecule has 164 valence electrons. The minimum atomic E-state index is -3.15. The van der Waals surface area contributed by atoms with Gasteiger partial charge in [-0.25, -0.2) is 12.7 Å². The molecule has 0 aliphatic carbocycles. The van der Waals surface area contributed by atoms with Crippen LogP contribution in [0.2, 0.25) is 0 Å². The Bertz CT molecular complexity index is 811. The molecule has 9 heteroatoms. The van der Waals surface area contributed by atoms with Crippen molar-refractivity contribution < 1.29 is 17.9 Å². The van der Waals surface area contributed by atoms with Gasteiger partial charge in [-0.1, -0.05) is 6.92 Å². The van der Waals surface area contributed by atoms with Gasteiger partial charge in [0.15, 0.2) is 5.96 Å². The van der Waals surface area contributed by atoms with Gasteiger partial charge in [-0.2, -0.15) is 0 Å². The van der Waals surface area contributed by atoms with E-state index in [0.717, 1.165) is 23.5 Å². The summed E-state index contributed by atoms with van der Waals surface area (Å²) in [6.07, 6.45) is 3.01. The third-order valence-electron chi connectivity index (χ3n) is 4.75. The van der Waals surface area contributed by atoms with Gasteiger partial charge in [0.05, 0.1) is 12.9 Å². The van der Waals surface area contributed by atoms with Crippen molar-refractivity contribution in [3.05, 3.63) is 23.3 Å². The van der Waals surface area contributed by atoms with E-state index in [-0.39, 0.29) is 6.10 Å². The third kappa shape index (κ3) is 6.78. The van der Waals surface area contributed by atoms with Crippen LogP contribution in [0, 0.1) is 0 Å². The Kier molecular flexibility index (Phi) is 8.58. The van der Waals surface area contributed by atoms with Gasteiger partial charge < -0.3 is 20.1 Å². The molecule has 8 nitrogen and oxygen atoms in total. The number of hydrogen-bond donors (Lipinski definition) is 2. The molecule has 0 spiro atoms. The van der Waals surface area contributed by atoms with E-state index in [1.165, 1.54) is 16.1 Å². The summed E-state index contributed by atoms with van der Waals surface area (Å²) < 4.78 is 36.4. The van der Waals surface area contributed by atoms with Gasteiger partial charge in [-0.05, 0) is 32.4 Å². The number of fused-ring (bicyclic) bond motifs is 1. The Hall–Kier alpha value is -2.00. The van der Waals surface area contributed by atoms with Crippen LogP contribution >= 0.6 is 0 Å². The summed E-state index contributed by atoms with van der Waals surface area (Å²) >= 11 is 0. The minimum absolute atomic E-state index is 0.187. The SMILES string of the molecule is CCOc1cc2c(cc1CNC(=NC)NCCCN(CC)S(C)(=O)=O)OC(C)C2. The lowest BCUT2D eigenvalue weighted by atomic mass is 10.1. The lowest BCUT2D eigenvalue weighted by Gasteiger charge is -2.18. The molecule has 0 fully saturated rings. The first kappa shape index (κ1) is 23.3. The molecule has 0 amide bonds. The van der Waals surface area contributed by atoms with Crippen LogP contribution in [0.5, 0.6) is 11.5 Å². The highest BCUT2D eigenvalue weighted by Gasteiger charge is 2.22. The number of sulfonamides is 1. The number of aliphatic imine (C=N–C) groups is 1. The van der Waals surface area contributed by atoms with Crippen LogP contribution in [0.4, 0.5) is 0 Å². The third-order valence-corrected chi connectivity index (χ3v) is 6.13. The fourth-order valence-corrected chi connectivity index (χ4v) is 4.26. The van der Waals surface area contributed by atoms with Gasteiger partial charge in [-0.3, -0.25) is 4.99 Å². The highest BCUT2D eigenvalue weighted by Crippen LogP contribution is 2.35. The van der Waals surface area contributed by atoms with Crippen molar-refractivity contribution in [2.45, 2.75) is 46.3 Å². The predicted molar refractivity (Wildman–Crippen MR) is 116 cm³/mol. The van der Waals surface area contributed by atoms with Crippen molar-refractivity contribution in [3.63, 3.8) is 0 Å². The Balaban J connectivity index is 1.90. The second-order valence-electron chi connectivity index (χ2n) is 7.09. The quantitative estimate of drug-likeness (QED) is 0.336. The zero-order valence-electron chi connectivity index (χ0n) is 18.1. The molecule has 0 bridgehead atoms. The Morgan fingerprint density at radius 2 is 2.10 bits per heavy atom. The Morgan fingerprint density at radius 1 is 1.34 bits per heavy atom. The number of guanidine groups is 1. The van der Waals surface area contributed by atoms with Crippen molar-refractivity contribution in [2.24, 2.45) is 4.99 Å².